The highest BCUT2D eigenvalue weighted by atomic mass is 16.1. The normalized spacial score (nSPS) is 30.3. The van der Waals surface area contributed by atoms with Crippen LogP contribution in [0.1, 0.15) is 67.2 Å². The summed E-state index contributed by atoms with van der Waals surface area (Å²) in [7, 11) is 0. The van der Waals surface area contributed by atoms with Crippen LogP contribution in [0.25, 0.3) is 0 Å². The fourth-order valence-electron chi connectivity index (χ4n) is 4.11. The van der Waals surface area contributed by atoms with E-state index in [1.165, 1.54) is 19.3 Å². The van der Waals surface area contributed by atoms with Crippen molar-refractivity contribution in [2.45, 2.75) is 67.2 Å². The van der Waals surface area contributed by atoms with Gasteiger partial charge in [-0.25, -0.2) is 0 Å². The Morgan fingerprint density at radius 3 is 2.35 bits per heavy atom. The van der Waals surface area contributed by atoms with Gasteiger partial charge in [0.15, 0.2) is 0 Å². The van der Waals surface area contributed by atoms with Crippen LogP contribution in [0, 0.1) is 29.1 Å². The Balaban J connectivity index is 2.92. The fraction of sp³-hybridized carbons (Fsp3) is 0.938. The summed E-state index contributed by atoms with van der Waals surface area (Å²) in [5, 5.41) is 0. The molecule has 0 bridgehead atoms. The lowest BCUT2D eigenvalue weighted by Gasteiger charge is -2.48. The van der Waals surface area contributed by atoms with E-state index in [-0.39, 0.29) is 0 Å². The van der Waals surface area contributed by atoms with E-state index in [4.69, 9.17) is 0 Å². The number of carbonyl (C=O) groups is 1. The average Bonchev–Trinajstić information content (AvgIpc) is 2.13. The van der Waals surface area contributed by atoms with Crippen LogP contribution in [0.2, 0.25) is 0 Å². The molecule has 0 amide bonds. The second kappa shape index (κ2) is 5.54. The third-order valence-electron chi connectivity index (χ3n) is 4.84. The van der Waals surface area contributed by atoms with Gasteiger partial charge < -0.3 is 4.79 Å². The predicted octanol–water partition coefficient (Wildman–Crippen LogP) is 4.70. The average molecular weight is 238 g/mol. The van der Waals surface area contributed by atoms with Crippen molar-refractivity contribution < 1.29 is 4.79 Å². The van der Waals surface area contributed by atoms with Gasteiger partial charge in [-0.2, -0.15) is 0 Å². The van der Waals surface area contributed by atoms with E-state index in [0.29, 0.717) is 29.0 Å². The highest BCUT2D eigenvalue weighted by Gasteiger charge is 2.42. The Hall–Kier alpha value is -0.330. The van der Waals surface area contributed by atoms with Crippen LogP contribution >= 0.6 is 0 Å². The molecule has 0 aliphatic heterocycles. The molecule has 0 saturated heterocycles. The van der Waals surface area contributed by atoms with Gasteiger partial charge in [0.05, 0.1) is 0 Å². The molecule has 1 fully saturated rings. The number of carbonyl (C=O) groups excluding carboxylic acids is 1. The lowest BCUT2D eigenvalue weighted by Crippen LogP contribution is -2.41. The minimum atomic E-state index is 0.359. The molecule has 1 rings (SSSR count). The van der Waals surface area contributed by atoms with Crippen LogP contribution in [0.3, 0.4) is 0 Å². The Bertz CT molecular complexity index is 265. The van der Waals surface area contributed by atoms with Crippen molar-refractivity contribution in [3.05, 3.63) is 0 Å². The molecule has 0 aromatic heterocycles. The number of hydrogen-bond acceptors (Lipinski definition) is 1. The molecule has 3 unspecified atom stereocenters. The summed E-state index contributed by atoms with van der Waals surface area (Å²) >= 11 is 0. The first-order valence-electron chi connectivity index (χ1n) is 7.25. The van der Waals surface area contributed by atoms with Gasteiger partial charge in [-0.3, -0.25) is 0 Å². The molecule has 1 heteroatoms. The third kappa shape index (κ3) is 3.56. The first kappa shape index (κ1) is 14.7. The second-order valence-corrected chi connectivity index (χ2v) is 7.20. The van der Waals surface area contributed by atoms with Crippen molar-refractivity contribution in [2.24, 2.45) is 29.1 Å². The summed E-state index contributed by atoms with van der Waals surface area (Å²) in [6.45, 7) is 13.5. The zero-order valence-electron chi connectivity index (χ0n) is 12.5. The van der Waals surface area contributed by atoms with Gasteiger partial charge in [0.1, 0.15) is 5.78 Å². The van der Waals surface area contributed by atoms with E-state index in [9.17, 15) is 4.79 Å². The largest absolute Gasteiger partial charge is 0.300 e. The van der Waals surface area contributed by atoms with Crippen LogP contribution in [-0.2, 0) is 4.79 Å². The van der Waals surface area contributed by atoms with Crippen LogP contribution in [0.15, 0.2) is 0 Å². The summed E-state index contributed by atoms with van der Waals surface area (Å²) in [6, 6.07) is 0. The summed E-state index contributed by atoms with van der Waals surface area (Å²) in [6.07, 6.45) is 4.80. The van der Waals surface area contributed by atoms with Crippen molar-refractivity contribution in [2.75, 3.05) is 0 Å². The molecular formula is C16H30O. The van der Waals surface area contributed by atoms with Gasteiger partial charge in [0.2, 0.25) is 0 Å². The van der Waals surface area contributed by atoms with E-state index in [1.807, 2.05) is 0 Å². The van der Waals surface area contributed by atoms with Gasteiger partial charge in [-0.15, -0.1) is 0 Å². The van der Waals surface area contributed by atoms with Crippen molar-refractivity contribution in [1.82, 2.24) is 0 Å². The molecule has 0 aromatic carbocycles. The Kier molecular flexibility index (Phi) is 4.80. The van der Waals surface area contributed by atoms with E-state index in [0.717, 1.165) is 12.3 Å². The molecule has 0 N–H and O–H groups in total. The van der Waals surface area contributed by atoms with Gasteiger partial charge in [0, 0.05) is 6.42 Å². The van der Waals surface area contributed by atoms with Crippen LogP contribution < -0.4 is 0 Å². The van der Waals surface area contributed by atoms with Gasteiger partial charge >= 0.3 is 0 Å². The van der Waals surface area contributed by atoms with Crippen molar-refractivity contribution in [1.29, 1.82) is 0 Å². The quantitative estimate of drug-likeness (QED) is 0.694. The van der Waals surface area contributed by atoms with E-state index in [2.05, 4.69) is 34.6 Å². The molecule has 0 heterocycles. The van der Waals surface area contributed by atoms with Crippen LogP contribution in [0.5, 0.6) is 0 Å². The lowest BCUT2D eigenvalue weighted by molar-refractivity contribution is -0.120. The van der Waals surface area contributed by atoms with Crippen LogP contribution in [0.4, 0.5) is 0 Å². The van der Waals surface area contributed by atoms with Gasteiger partial charge in [-0.05, 0) is 42.4 Å². The molecule has 100 valence electrons. The minimum Gasteiger partial charge on any atom is -0.300 e. The molecule has 3 atom stereocenters. The first-order chi connectivity index (χ1) is 7.75. The monoisotopic (exact) mass is 238 g/mol. The maximum Gasteiger partial charge on any atom is 0.130 e. The smallest absolute Gasteiger partial charge is 0.130 e. The molecule has 0 aromatic rings. The van der Waals surface area contributed by atoms with E-state index >= 15 is 0 Å². The maximum absolute atomic E-state index is 11.5. The lowest BCUT2D eigenvalue weighted by atomic mass is 9.57. The highest BCUT2D eigenvalue weighted by molar-refractivity contribution is 5.75. The second-order valence-electron chi connectivity index (χ2n) is 7.20. The molecule has 1 nitrogen and oxygen atoms in total. The molecule has 1 saturated carbocycles. The molecule has 17 heavy (non-hydrogen) atoms. The topological polar surface area (TPSA) is 17.1 Å². The number of Topliss-reactive ketones (excluding diaryl/α,β-unsaturated/α-hetero) is 1. The van der Waals surface area contributed by atoms with Gasteiger partial charge in [-0.1, -0.05) is 47.5 Å². The summed E-state index contributed by atoms with van der Waals surface area (Å²) < 4.78 is 0. The third-order valence-corrected chi connectivity index (χ3v) is 4.84. The summed E-state index contributed by atoms with van der Waals surface area (Å²) in [5.41, 5.74) is 0.405. The Labute approximate surface area is 107 Å². The first-order valence-corrected chi connectivity index (χ1v) is 7.25. The van der Waals surface area contributed by atoms with Crippen molar-refractivity contribution >= 4 is 5.78 Å². The molecule has 0 radical (unpaired) electrons. The van der Waals surface area contributed by atoms with Gasteiger partial charge in [0.25, 0.3) is 0 Å². The summed E-state index contributed by atoms with van der Waals surface area (Å²) in [4.78, 5) is 11.5. The standard InChI is InChI=1S/C16H30O/c1-11(2)14(10-13(4)17)15-12(3)8-7-9-16(15,5)6/h11-12,14-15H,7-10H2,1-6H3. The SMILES string of the molecule is CC(=O)CC(C(C)C)C1C(C)CCCC1(C)C. The zero-order chi connectivity index (χ0) is 13.2. The van der Waals surface area contributed by atoms with Crippen molar-refractivity contribution in [3.63, 3.8) is 0 Å². The zero-order valence-corrected chi connectivity index (χ0v) is 12.5. The predicted molar refractivity (Wildman–Crippen MR) is 73.9 cm³/mol. The number of ketones is 1. The molecular weight excluding hydrogens is 208 g/mol. The van der Waals surface area contributed by atoms with Crippen LogP contribution in [-0.4, -0.2) is 5.78 Å². The number of rotatable bonds is 4. The highest BCUT2D eigenvalue weighted by Crippen LogP contribution is 2.50. The minimum absolute atomic E-state index is 0.359. The van der Waals surface area contributed by atoms with Crippen molar-refractivity contribution in [3.8, 4) is 0 Å². The Morgan fingerprint density at radius 1 is 1.35 bits per heavy atom. The molecule has 1 aliphatic rings. The Morgan fingerprint density at radius 2 is 1.94 bits per heavy atom. The fourth-order valence-corrected chi connectivity index (χ4v) is 4.11. The molecule has 1 aliphatic carbocycles. The molecule has 0 spiro atoms. The maximum atomic E-state index is 11.5. The summed E-state index contributed by atoms with van der Waals surface area (Å²) in [5.74, 6) is 3.02. The van der Waals surface area contributed by atoms with E-state index < -0.39 is 0 Å². The van der Waals surface area contributed by atoms with E-state index in [1.54, 1.807) is 6.92 Å². The number of hydrogen-bond donors (Lipinski definition) is 0.